The Morgan fingerprint density at radius 1 is 1.29 bits per heavy atom. The van der Waals surface area contributed by atoms with Crippen LogP contribution in [-0.4, -0.2) is 28.3 Å². The van der Waals surface area contributed by atoms with E-state index in [1.807, 2.05) is 4.90 Å². The lowest BCUT2D eigenvalue weighted by Crippen LogP contribution is -2.39. The first-order chi connectivity index (χ1) is 10.1. The van der Waals surface area contributed by atoms with E-state index in [0.29, 0.717) is 5.92 Å². The smallest absolute Gasteiger partial charge is 0.288 e. The molecular weight excluding hydrogens is 292 g/mol. The van der Waals surface area contributed by atoms with E-state index in [0.717, 1.165) is 25.8 Å². The molecule has 0 aromatic heterocycles. The zero-order valence-electron chi connectivity index (χ0n) is 11.6. The van der Waals surface area contributed by atoms with Gasteiger partial charge in [0, 0.05) is 18.7 Å². The Morgan fingerprint density at radius 3 is 2.81 bits per heavy atom. The number of amides is 1. The average Bonchev–Trinajstić information content (AvgIpc) is 2.90. The molecule has 6 heteroatoms. The maximum atomic E-state index is 12.7. The third kappa shape index (κ3) is 2.50. The van der Waals surface area contributed by atoms with Crippen molar-refractivity contribution in [1.82, 2.24) is 4.90 Å². The summed E-state index contributed by atoms with van der Waals surface area (Å²) >= 11 is 6.06. The fraction of sp³-hybridized carbons (Fsp3) is 0.533. The van der Waals surface area contributed by atoms with Crippen molar-refractivity contribution in [3.05, 3.63) is 38.9 Å². The number of hydrogen-bond acceptors (Lipinski definition) is 3. The van der Waals surface area contributed by atoms with E-state index in [2.05, 4.69) is 0 Å². The van der Waals surface area contributed by atoms with Gasteiger partial charge in [-0.3, -0.25) is 14.9 Å². The van der Waals surface area contributed by atoms with Gasteiger partial charge in [0.1, 0.15) is 5.02 Å². The van der Waals surface area contributed by atoms with Gasteiger partial charge in [0.25, 0.3) is 11.6 Å². The maximum Gasteiger partial charge on any atom is 0.288 e. The normalized spacial score (nSPS) is 24.7. The molecule has 2 fully saturated rings. The Morgan fingerprint density at radius 2 is 2.05 bits per heavy atom. The number of likely N-dealkylation sites (tertiary alicyclic amines) is 1. The molecule has 1 aromatic rings. The molecule has 2 unspecified atom stereocenters. The van der Waals surface area contributed by atoms with Crippen LogP contribution in [0.2, 0.25) is 5.02 Å². The van der Waals surface area contributed by atoms with E-state index in [9.17, 15) is 14.9 Å². The second-order valence-electron chi connectivity index (χ2n) is 5.79. The number of hydrogen-bond donors (Lipinski definition) is 0. The number of fused-ring (bicyclic) bond motifs is 1. The van der Waals surface area contributed by atoms with E-state index >= 15 is 0 Å². The molecule has 1 aliphatic heterocycles. The summed E-state index contributed by atoms with van der Waals surface area (Å²) in [7, 11) is 0. The Bertz CT molecular complexity index is 590. The van der Waals surface area contributed by atoms with E-state index in [1.54, 1.807) is 6.07 Å². The van der Waals surface area contributed by atoms with Gasteiger partial charge in [-0.05, 0) is 31.2 Å². The highest BCUT2D eigenvalue weighted by Crippen LogP contribution is 2.38. The van der Waals surface area contributed by atoms with Gasteiger partial charge in [-0.1, -0.05) is 30.5 Å². The van der Waals surface area contributed by atoms with Crippen molar-refractivity contribution >= 4 is 23.2 Å². The first-order valence-electron chi connectivity index (χ1n) is 7.33. The lowest BCUT2D eigenvalue weighted by atomic mass is 9.85. The van der Waals surface area contributed by atoms with E-state index in [4.69, 9.17) is 11.6 Å². The quantitative estimate of drug-likeness (QED) is 0.619. The van der Waals surface area contributed by atoms with Crippen molar-refractivity contribution in [3.8, 4) is 0 Å². The second kappa shape index (κ2) is 5.64. The fourth-order valence-corrected chi connectivity index (χ4v) is 3.91. The molecule has 0 N–H and O–H groups in total. The Labute approximate surface area is 128 Å². The topological polar surface area (TPSA) is 63.4 Å². The third-order valence-electron chi connectivity index (χ3n) is 4.68. The number of rotatable bonds is 2. The fourth-order valence-electron chi connectivity index (χ4n) is 3.64. The van der Waals surface area contributed by atoms with Gasteiger partial charge in [0.05, 0.1) is 10.5 Å². The van der Waals surface area contributed by atoms with E-state index in [1.165, 1.54) is 25.0 Å². The predicted octanol–water partition coefficient (Wildman–Crippen LogP) is 3.65. The molecule has 1 saturated carbocycles. The van der Waals surface area contributed by atoms with Gasteiger partial charge in [-0.15, -0.1) is 0 Å². The van der Waals surface area contributed by atoms with Gasteiger partial charge in [0.15, 0.2) is 0 Å². The largest absolute Gasteiger partial charge is 0.335 e. The number of halogens is 1. The molecule has 0 bridgehead atoms. The first kappa shape index (κ1) is 14.3. The van der Waals surface area contributed by atoms with Crippen molar-refractivity contribution in [2.24, 2.45) is 5.92 Å². The SMILES string of the molecule is O=C(c1cccc([N+](=O)[O-])c1Cl)N1CCC2CCCCC21. The molecule has 1 saturated heterocycles. The van der Waals surface area contributed by atoms with Gasteiger partial charge in [-0.25, -0.2) is 0 Å². The molecule has 1 heterocycles. The zero-order valence-corrected chi connectivity index (χ0v) is 12.4. The molecule has 21 heavy (non-hydrogen) atoms. The van der Waals surface area contributed by atoms with Crippen LogP contribution >= 0.6 is 11.6 Å². The van der Waals surface area contributed by atoms with Gasteiger partial charge < -0.3 is 4.90 Å². The summed E-state index contributed by atoms with van der Waals surface area (Å²) in [6.45, 7) is 0.729. The van der Waals surface area contributed by atoms with Crippen molar-refractivity contribution in [2.45, 2.75) is 38.1 Å². The van der Waals surface area contributed by atoms with Crippen molar-refractivity contribution in [1.29, 1.82) is 0 Å². The molecule has 1 aliphatic carbocycles. The van der Waals surface area contributed by atoms with Crippen LogP contribution in [0.4, 0.5) is 5.69 Å². The number of nitro benzene ring substituents is 1. The standard InChI is InChI=1S/C15H17ClN2O3/c16-14-11(5-3-7-13(14)18(20)21)15(19)17-9-8-10-4-1-2-6-12(10)17/h3,5,7,10,12H,1-2,4,6,8-9H2. The molecule has 1 aromatic carbocycles. The number of nitro groups is 1. The Kier molecular flexibility index (Phi) is 3.85. The highest BCUT2D eigenvalue weighted by molar-refractivity contribution is 6.35. The second-order valence-corrected chi connectivity index (χ2v) is 6.17. The third-order valence-corrected chi connectivity index (χ3v) is 5.07. The minimum atomic E-state index is -0.549. The lowest BCUT2D eigenvalue weighted by Gasteiger charge is -2.31. The summed E-state index contributed by atoms with van der Waals surface area (Å²) in [6.07, 6.45) is 5.62. The van der Waals surface area contributed by atoms with Crippen LogP contribution in [0.25, 0.3) is 0 Å². The summed E-state index contributed by atoms with van der Waals surface area (Å²) in [5, 5.41) is 10.9. The zero-order chi connectivity index (χ0) is 15.0. The summed E-state index contributed by atoms with van der Waals surface area (Å²) in [5.74, 6) is 0.415. The summed E-state index contributed by atoms with van der Waals surface area (Å²) in [6, 6.07) is 4.70. The van der Waals surface area contributed by atoms with Gasteiger partial charge >= 0.3 is 0 Å². The Balaban J connectivity index is 1.89. The monoisotopic (exact) mass is 308 g/mol. The molecule has 2 atom stereocenters. The molecule has 0 radical (unpaired) electrons. The number of benzene rings is 1. The summed E-state index contributed by atoms with van der Waals surface area (Å²) in [4.78, 5) is 25.0. The number of carbonyl (C=O) groups excluding carboxylic acids is 1. The number of carbonyl (C=O) groups is 1. The van der Waals surface area contributed by atoms with Crippen LogP contribution in [-0.2, 0) is 0 Å². The molecule has 112 valence electrons. The highest BCUT2D eigenvalue weighted by atomic mass is 35.5. The Hall–Kier alpha value is -1.62. The molecule has 0 spiro atoms. The maximum absolute atomic E-state index is 12.7. The van der Waals surface area contributed by atoms with Crippen molar-refractivity contribution < 1.29 is 9.72 Å². The average molecular weight is 309 g/mol. The summed E-state index contributed by atoms with van der Waals surface area (Å²) < 4.78 is 0. The minimum absolute atomic E-state index is 0.0493. The number of nitrogens with zero attached hydrogens (tertiary/aromatic N) is 2. The molecule has 3 rings (SSSR count). The van der Waals surface area contributed by atoms with Crippen molar-refractivity contribution in [2.75, 3.05) is 6.54 Å². The van der Waals surface area contributed by atoms with Crippen LogP contribution in [0, 0.1) is 16.0 Å². The molecular formula is C15H17ClN2O3. The van der Waals surface area contributed by atoms with Gasteiger partial charge in [0.2, 0.25) is 0 Å². The molecule has 1 amide bonds. The molecule has 2 aliphatic rings. The van der Waals surface area contributed by atoms with Gasteiger partial charge in [-0.2, -0.15) is 0 Å². The van der Waals surface area contributed by atoms with Crippen LogP contribution in [0.15, 0.2) is 18.2 Å². The minimum Gasteiger partial charge on any atom is -0.335 e. The van der Waals surface area contributed by atoms with Crippen LogP contribution in [0.3, 0.4) is 0 Å². The van der Waals surface area contributed by atoms with Crippen LogP contribution in [0.5, 0.6) is 0 Å². The predicted molar refractivity (Wildman–Crippen MR) is 79.5 cm³/mol. The van der Waals surface area contributed by atoms with Crippen LogP contribution in [0.1, 0.15) is 42.5 Å². The van der Waals surface area contributed by atoms with E-state index < -0.39 is 4.92 Å². The first-order valence-corrected chi connectivity index (χ1v) is 7.71. The molecule has 5 nitrogen and oxygen atoms in total. The van der Waals surface area contributed by atoms with E-state index in [-0.39, 0.29) is 28.2 Å². The van der Waals surface area contributed by atoms with Crippen molar-refractivity contribution in [3.63, 3.8) is 0 Å². The van der Waals surface area contributed by atoms with Crippen LogP contribution < -0.4 is 0 Å². The summed E-state index contributed by atoms with van der Waals surface area (Å²) in [5.41, 5.74) is 0.0407. The highest BCUT2D eigenvalue weighted by Gasteiger charge is 2.39. The lowest BCUT2D eigenvalue weighted by molar-refractivity contribution is -0.384.